The van der Waals surface area contributed by atoms with Crippen molar-refractivity contribution in [2.75, 3.05) is 12.4 Å². The van der Waals surface area contributed by atoms with Crippen molar-refractivity contribution in [3.63, 3.8) is 0 Å². The van der Waals surface area contributed by atoms with Gasteiger partial charge in [-0.05, 0) is 37.3 Å². The van der Waals surface area contributed by atoms with Gasteiger partial charge in [0.1, 0.15) is 0 Å². The fourth-order valence-electron chi connectivity index (χ4n) is 2.00. The van der Waals surface area contributed by atoms with Crippen LogP contribution in [0.4, 0.5) is 5.69 Å². The number of carbonyl (C=O) groups is 3. The molecule has 0 aromatic heterocycles. The minimum Gasteiger partial charge on any atom is -0.465 e. The summed E-state index contributed by atoms with van der Waals surface area (Å²) in [4.78, 5) is 35.3. The van der Waals surface area contributed by atoms with Crippen LogP contribution in [-0.4, -0.2) is 24.8 Å². The van der Waals surface area contributed by atoms with Crippen LogP contribution >= 0.6 is 0 Å². The van der Waals surface area contributed by atoms with Gasteiger partial charge < -0.3 is 10.1 Å². The first-order valence-electron chi connectivity index (χ1n) is 6.62. The SMILES string of the molecule is COC(=O)c1cccc(C(=O)Nc2ccccc2C(C)=O)c1. The first kappa shape index (κ1) is 15.4. The summed E-state index contributed by atoms with van der Waals surface area (Å²) in [6.45, 7) is 1.43. The lowest BCUT2D eigenvalue weighted by molar-refractivity contribution is 0.0600. The number of para-hydroxylation sites is 1. The molecule has 0 saturated heterocycles. The number of amides is 1. The number of Topliss-reactive ketones (excluding diaryl/α,β-unsaturated/α-hetero) is 1. The molecule has 0 aliphatic heterocycles. The van der Waals surface area contributed by atoms with Crippen LogP contribution in [0.25, 0.3) is 0 Å². The van der Waals surface area contributed by atoms with E-state index in [1.165, 1.54) is 20.1 Å². The smallest absolute Gasteiger partial charge is 0.337 e. The van der Waals surface area contributed by atoms with Gasteiger partial charge in [0.2, 0.25) is 0 Å². The quantitative estimate of drug-likeness (QED) is 0.695. The Bertz CT molecular complexity index is 737. The lowest BCUT2D eigenvalue weighted by atomic mass is 10.1. The molecule has 0 fully saturated rings. The maximum atomic E-state index is 12.3. The summed E-state index contributed by atoms with van der Waals surface area (Å²) >= 11 is 0. The van der Waals surface area contributed by atoms with E-state index in [1.54, 1.807) is 42.5 Å². The summed E-state index contributed by atoms with van der Waals surface area (Å²) in [5.41, 5.74) is 1.46. The van der Waals surface area contributed by atoms with Gasteiger partial charge in [-0.1, -0.05) is 18.2 Å². The Balaban J connectivity index is 2.27. The van der Waals surface area contributed by atoms with Crippen molar-refractivity contribution >= 4 is 23.3 Å². The zero-order chi connectivity index (χ0) is 16.1. The summed E-state index contributed by atoms with van der Waals surface area (Å²) < 4.78 is 4.62. The topological polar surface area (TPSA) is 72.5 Å². The summed E-state index contributed by atoms with van der Waals surface area (Å²) in [6, 6.07) is 12.9. The Kier molecular flexibility index (Phi) is 4.68. The van der Waals surface area contributed by atoms with E-state index in [0.717, 1.165) is 0 Å². The van der Waals surface area contributed by atoms with Crippen LogP contribution in [0, 0.1) is 0 Å². The minimum atomic E-state index is -0.515. The molecule has 2 rings (SSSR count). The molecule has 0 spiro atoms. The van der Waals surface area contributed by atoms with E-state index in [2.05, 4.69) is 10.1 Å². The number of methoxy groups -OCH3 is 1. The average Bonchev–Trinajstić information content (AvgIpc) is 2.54. The zero-order valence-electron chi connectivity index (χ0n) is 12.3. The molecule has 112 valence electrons. The van der Waals surface area contributed by atoms with Crippen LogP contribution in [0.15, 0.2) is 48.5 Å². The van der Waals surface area contributed by atoms with Crippen LogP contribution in [0.2, 0.25) is 0 Å². The van der Waals surface area contributed by atoms with Gasteiger partial charge in [-0.2, -0.15) is 0 Å². The number of ketones is 1. The summed E-state index contributed by atoms with van der Waals surface area (Å²) in [5.74, 6) is -1.06. The van der Waals surface area contributed by atoms with Crippen LogP contribution in [0.5, 0.6) is 0 Å². The second-order valence-corrected chi connectivity index (χ2v) is 4.63. The van der Waals surface area contributed by atoms with E-state index in [9.17, 15) is 14.4 Å². The first-order chi connectivity index (χ1) is 10.5. The van der Waals surface area contributed by atoms with Crippen molar-refractivity contribution in [1.82, 2.24) is 0 Å². The van der Waals surface area contributed by atoms with Gasteiger partial charge in [0.25, 0.3) is 5.91 Å². The monoisotopic (exact) mass is 297 g/mol. The minimum absolute atomic E-state index is 0.140. The van der Waals surface area contributed by atoms with Crippen molar-refractivity contribution in [3.8, 4) is 0 Å². The molecule has 2 aromatic rings. The van der Waals surface area contributed by atoms with Gasteiger partial charge in [-0.15, -0.1) is 0 Å². The van der Waals surface area contributed by atoms with Crippen LogP contribution in [0.3, 0.4) is 0 Å². The standard InChI is InChI=1S/C17H15NO4/c1-11(19)14-8-3-4-9-15(14)18-16(20)12-6-5-7-13(10-12)17(21)22-2/h3-10H,1-2H3,(H,18,20). The number of benzene rings is 2. The fourth-order valence-corrected chi connectivity index (χ4v) is 2.00. The van der Waals surface area contributed by atoms with Crippen molar-refractivity contribution in [3.05, 3.63) is 65.2 Å². The predicted octanol–water partition coefficient (Wildman–Crippen LogP) is 2.93. The van der Waals surface area contributed by atoms with Crippen molar-refractivity contribution < 1.29 is 19.1 Å². The molecule has 0 bridgehead atoms. The molecular formula is C17H15NO4. The Labute approximate surface area is 127 Å². The van der Waals surface area contributed by atoms with Gasteiger partial charge in [0, 0.05) is 11.1 Å². The lowest BCUT2D eigenvalue weighted by Crippen LogP contribution is -2.15. The third-order valence-electron chi connectivity index (χ3n) is 3.10. The number of anilines is 1. The number of hydrogen-bond donors (Lipinski definition) is 1. The Morgan fingerprint density at radius 3 is 2.32 bits per heavy atom. The molecule has 5 heteroatoms. The third-order valence-corrected chi connectivity index (χ3v) is 3.10. The molecule has 5 nitrogen and oxygen atoms in total. The maximum Gasteiger partial charge on any atom is 0.337 e. The molecule has 0 radical (unpaired) electrons. The molecule has 0 atom stereocenters. The molecule has 0 aliphatic carbocycles. The number of hydrogen-bond acceptors (Lipinski definition) is 4. The highest BCUT2D eigenvalue weighted by Gasteiger charge is 2.13. The second-order valence-electron chi connectivity index (χ2n) is 4.63. The zero-order valence-corrected chi connectivity index (χ0v) is 12.3. The number of carbonyl (C=O) groups excluding carboxylic acids is 3. The normalized spacial score (nSPS) is 9.91. The van der Waals surface area contributed by atoms with Crippen molar-refractivity contribution in [1.29, 1.82) is 0 Å². The first-order valence-corrected chi connectivity index (χ1v) is 6.62. The molecule has 1 amide bonds. The number of rotatable bonds is 4. The molecule has 1 N–H and O–H groups in total. The molecule has 0 saturated carbocycles. The Morgan fingerprint density at radius 2 is 1.64 bits per heavy atom. The third kappa shape index (κ3) is 3.38. The molecule has 22 heavy (non-hydrogen) atoms. The summed E-state index contributed by atoms with van der Waals surface area (Å²) in [5, 5.41) is 2.68. The number of ether oxygens (including phenoxy) is 1. The van der Waals surface area contributed by atoms with Gasteiger partial charge in [0.15, 0.2) is 5.78 Å². The Morgan fingerprint density at radius 1 is 0.955 bits per heavy atom. The van der Waals surface area contributed by atoms with E-state index in [1.807, 2.05) is 0 Å². The predicted molar refractivity (Wildman–Crippen MR) is 82.2 cm³/mol. The van der Waals surface area contributed by atoms with Crippen molar-refractivity contribution in [2.24, 2.45) is 0 Å². The number of nitrogens with one attached hydrogen (secondary N) is 1. The van der Waals surface area contributed by atoms with Crippen molar-refractivity contribution in [2.45, 2.75) is 6.92 Å². The van der Waals surface area contributed by atoms with E-state index in [-0.39, 0.29) is 11.3 Å². The average molecular weight is 297 g/mol. The van der Waals surface area contributed by atoms with Gasteiger partial charge in [-0.3, -0.25) is 9.59 Å². The second kappa shape index (κ2) is 6.67. The molecule has 2 aromatic carbocycles. The number of esters is 1. The largest absolute Gasteiger partial charge is 0.465 e. The van der Waals surface area contributed by atoms with E-state index in [4.69, 9.17) is 0 Å². The van der Waals surface area contributed by atoms with Gasteiger partial charge in [-0.25, -0.2) is 4.79 Å². The van der Waals surface area contributed by atoms with Gasteiger partial charge in [0.05, 0.1) is 18.4 Å². The highest BCUT2D eigenvalue weighted by atomic mass is 16.5. The van der Waals surface area contributed by atoms with E-state index >= 15 is 0 Å². The highest BCUT2D eigenvalue weighted by molar-refractivity contribution is 6.09. The van der Waals surface area contributed by atoms with E-state index < -0.39 is 11.9 Å². The van der Waals surface area contributed by atoms with Gasteiger partial charge >= 0.3 is 5.97 Å². The summed E-state index contributed by atoms with van der Waals surface area (Å²) in [7, 11) is 1.28. The highest BCUT2D eigenvalue weighted by Crippen LogP contribution is 2.17. The summed E-state index contributed by atoms with van der Waals surface area (Å²) in [6.07, 6.45) is 0. The molecule has 0 heterocycles. The fraction of sp³-hybridized carbons (Fsp3) is 0.118. The van der Waals surface area contributed by atoms with Crippen LogP contribution in [-0.2, 0) is 4.74 Å². The molecular weight excluding hydrogens is 282 g/mol. The Hall–Kier alpha value is -2.95. The molecule has 0 aliphatic rings. The van der Waals surface area contributed by atoms with Crippen LogP contribution < -0.4 is 5.32 Å². The molecule has 0 unspecified atom stereocenters. The van der Waals surface area contributed by atoms with Crippen LogP contribution in [0.1, 0.15) is 38.0 Å². The van der Waals surface area contributed by atoms with E-state index in [0.29, 0.717) is 16.8 Å². The lowest BCUT2D eigenvalue weighted by Gasteiger charge is -2.09. The maximum absolute atomic E-state index is 12.3.